The number of carbonyl (C=O) groups is 2. The third-order valence-corrected chi connectivity index (χ3v) is 7.34. The van der Waals surface area contributed by atoms with Gasteiger partial charge in [-0.1, -0.05) is 30.3 Å². The number of benzene rings is 3. The van der Waals surface area contributed by atoms with Crippen LogP contribution in [0.5, 0.6) is 5.75 Å². The number of ether oxygens (including phenoxy) is 1. The summed E-state index contributed by atoms with van der Waals surface area (Å²) in [6.07, 6.45) is 4.22. The summed E-state index contributed by atoms with van der Waals surface area (Å²) in [6, 6.07) is 19.5. The molecule has 1 aliphatic carbocycles. The van der Waals surface area contributed by atoms with Crippen molar-refractivity contribution in [1.82, 2.24) is 4.98 Å². The first-order valence-electron chi connectivity index (χ1n) is 12.2. The molecule has 4 aromatic rings. The number of amides is 1. The van der Waals surface area contributed by atoms with Crippen LogP contribution in [-0.4, -0.2) is 37.0 Å². The van der Waals surface area contributed by atoms with E-state index in [1.807, 2.05) is 42.5 Å². The van der Waals surface area contributed by atoms with Gasteiger partial charge in [0.2, 0.25) is 10.0 Å². The highest BCUT2D eigenvalue weighted by Gasteiger charge is 2.26. The molecule has 0 atom stereocenters. The van der Waals surface area contributed by atoms with Crippen LogP contribution in [-0.2, 0) is 26.0 Å². The Morgan fingerprint density at radius 1 is 1.00 bits per heavy atom. The molecule has 198 valence electrons. The Kier molecular flexibility index (Phi) is 7.14. The number of phenolic OH excluding ortho intramolecular Hbond substituents is 1. The molecule has 0 fully saturated rings. The summed E-state index contributed by atoms with van der Waals surface area (Å²) in [5.74, 6) is -1.03. The molecule has 3 aromatic carbocycles. The standard InChI is InChI=1S/C29H25N3O6S/c30-39(36,37)22-14-10-20(11-15-22)31-26(34)17-38-29(35)27-23-5-1-2-7-25(23)32-28-19(4-3-6-24(27)28)16-18-8-12-21(33)13-9-18/h1-2,5,7-16,33H,3-4,6,17H2,(H,31,34)(H2,30,36,37)/b19-16-. The summed E-state index contributed by atoms with van der Waals surface area (Å²) in [5, 5.41) is 17.9. The largest absolute Gasteiger partial charge is 0.508 e. The van der Waals surface area contributed by atoms with Gasteiger partial charge in [-0.3, -0.25) is 4.79 Å². The number of aromatic nitrogens is 1. The minimum Gasteiger partial charge on any atom is -0.508 e. The van der Waals surface area contributed by atoms with Crippen LogP contribution < -0.4 is 10.5 Å². The highest BCUT2D eigenvalue weighted by Crippen LogP contribution is 2.36. The van der Waals surface area contributed by atoms with E-state index in [-0.39, 0.29) is 10.6 Å². The van der Waals surface area contributed by atoms with Crippen LogP contribution in [0.15, 0.2) is 77.7 Å². The number of para-hydroxylation sites is 1. The van der Waals surface area contributed by atoms with Crippen LogP contribution in [0.2, 0.25) is 0 Å². The van der Waals surface area contributed by atoms with Crippen LogP contribution in [0.1, 0.15) is 40.0 Å². The fraction of sp³-hybridized carbons (Fsp3) is 0.138. The maximum atomic E-state index is 13.4. The molecule has 0 bridgehead atoms. The summed E-state index contributed by atoms with van der Waals surface area (Å²) >= 11 is 0. The number of fused-ring (bicyclic) bond motifs is 2. The van der Waals surface area contributed by atoms with Crippen LogP contribution in [0.4, 0.5) is 5.69 Å². The molecule has 4 N–H and O–H groups in total. The molecule has 0 saturated heterocycles. The van der Waals surface area contributed by atoms with Crippen LogP contribution in [0.3, 0.4) is 0 Å². The topological polar surface area (TPSA) is 149 Å². The van der Waals surface area contributed by atoms with Crippen molar-refractivity contribution >= 4 is 50.1 Å². The number of nitrogens with two attached hydrogens (primary N) is 1. The van der Waals surface area contributed by atoms with Gasteiger partial charge in [0.05, 0.1) is 21.7 Å². The molecular weight excluding hydrogens is 518 g/mol. The van der Waals surface area contributed by atoms with Crippen LogP contribution in [0, 0.1) is 0 Å². The zero-order chi connectivity index (χ0) is 27.6. The van der Waals surface area contributed by atoms with E-state index < -0.39 is 28.5 Å². The summed E-state index contributed by atoms with van der Waals surface area (Å²) < 4.78 is 28.3. The predicted molar refractivity (Wildman–Crippen MR) is 147 cm³/mol. The van der Waals surface area contributed by atoms with E-state index in [0.29, 0.717) is 28.6 Å². The SMILES string of the molecule is NS(=O)(=O)c1ccc(NC(=O)COC(=O)c2c3c(nc4ccccc24)/C(=C\c2ccc(O)cc2)CCC3)cc1. The molecule has 9 nitrogen and oxygen atoms in total. The van der Waals surface area contributed by atoms with Gasteiger partial charge in [-0.25, -0.2) is 23.3 Å². The number of nitrogens with zero attached hydrogens (tertiary/aromatic N) is 1. The highest BCUT2D eigenvalue weighted by molar-refractivity contribution is 7.89. The van der Waals surface area contributed by atoms with Crippen molar-refractivity contribution in [2.24, 2.45) is 5.14 Å². The molecule has 1 aliphatic rings. The number of phenols is 1. The molecule has 0 spiro atoms. The summed E-state index contributed by atoms with van der Waals surface area (Å²) in [6.45, 7) is -0.530. The Balaban J connectivity index is 1.40. The average Bonchev–Trinajstić information content (AvgIpc) is 2.92. The number of carbonyl (C=O) groups excluding carboxylic acids is 2. The fourth-order valence-electron chi connectivity index (χ4n) is 4.61. The van der Waals surface area contributed by atoms with Gasteiger partial charge in [0.1, 0.15) is 5.75 Å². The lowest BCUT2D eigenvalue weighted by Gasteiger charge is -2.22. The zero-order valence-corrected chi connectivity index (χ0v) is 21.6. The van der Waals surface area contributed by atoms with Crippen LogP contribution >= 0.6 is 0 Å². The molecule has 0 unspecified atom stereocenters. The number of nitrogens with one attached hydrogen (secondary N) is 1. The van der Waals surface area contributed by atoms with Gasteiger partial charge < -0.3 is 15.2 Å². The van der Waals surface area contributed by atoms with E-state index in [9.17, 15) is 23.1 Å². The first-order chi connectivity index (χ1) is 18.7. The van der Waals surface area contributed by atoms with Gasteiger partial charge >= 0.3 is 5.97 Å². The maximum Gasteiger partial charge on any atom is 0.339 e. The molecule has 1 amide bonds. The smallest absolute Gasteiger partial charge is 0.339 e. The normalized spacial score (nSPS) is 14.1. The molecule has 5 rings (SSSR count). The van der Waals surface area contributed by atoms with Crippen molar-refractivity contribution in [3.63, 3.8) is 0 Å². The minimum absolute atomic E-state index is 0.0832. The Bertz CT molecular complexity index is 1710. The lowest BCUT2D eigenvalue weighted by Crippen LogP contribution is -2.22. The number of hydrogen-bond donors (Lipinski definition) is 3. The zero-order valence-electron chi connectivity index (χ0n) is 20.8. The van der Waals surface area contributed by atoms with Gasteiger partial charge in [-0.15, -0.1) is 0 Å². The third kappa shape index (κ3) is 5.82. The highest BCUT2D eigenvalue weighted by atomic mass is 32.2. The third-order valence-electron chi connectivity index (χ3n) is 6.41. The van der Waals surface area contributed by atoms with Crippen molar-refractivity contribution in [1.29, 1.82) is 0 Å². The maximum absolute atomic E-state index is 13.4. The average molecular weight is 544 g/mol. The van der Waals surface area contributed by atoms with E-state index in [1.165, 1.54) is 24.3 Å². The molecular formula is C29H25N3O6S. The Labute approximate surface area is 225 Å². The Hall–Kier alpha value is -4.54. The summed E-state index contributed by atoms with van der Waals surface area (Å²) in [5.41, 5.74) is 4.73. The number of hydrogen-bond acceptors (Lipinski definition) is 7. The van der Waals surface area contributed by atoms with E-state index in [1.54, 1.807) is 12.1 Å². The van der Waals surface area contributed by atoms with Crippen molar-refractivity contribution in [3.05, 3.63) is 95.2 Å². The van der Waals surface area contributed by atoms with Crippen molar-refractivity contribution in [3.8, 4) is 5.75 Å². The monoisotopic (exact) mass is 543 g/mol. The van der Waals surface area contributed by atoms with E-state index in [2.05, 4.69) is 5.32 Å². The van der Waals surface area contributed by atoms with Crippen molar-refractivity contribution in [2.45, 2.75) is 24.2 Å². The first-order valence-corrected chi connectivity index (χ1v) is 13.7. The number of rotatable bonds is 6. The van der Waals surface area contributed by atoms with Gasteiger partial charge in [-0.2, -0.15) is 0 Å². The van der Waals surface area contributed by atoms with E-state index in [4.69, 9.17) is 14.9 Å². The van der Waals surface area contributed by atoms with Gasteiger partial charge in [-0.05, 0) is 84.5 Å². The van der Waals surface area contributed by atoms with Gasteiger partial charge in [0, 0.05) is 11.1 Å². The lowest BCUT2D eigenvalue weighted by molar-refractivity contribution is -0.119. The number of sulfonamides is 1. The number of anilines is 1. The molecule has 0 aliphatic heterocycles. The Morgan fingerprint density at radius 3 is 2.44 bits per heavy atom. The number of primary sulfonamides is 1. The Morgan fingerprint density at radius 2 is 1.72 bits per heavy atom. The molecule has 0 radical (unpaired) electrons. The molecule has 0 saturated carbocycles. The first kappa shape index (κ1) is 26.1. The molecule has 1 heterocycles. The second kappa shape index (κ2) is 10.7. The van der Waals surface area contributed by atoms with Gasteiger partial charge in [0.25, 0.3) is 5.91 Å². The van der Waals surface area contributed by atoms with Gasteiger partial charge in [0.15, 0.2) is 6.61 Å². The quantitative estimate of drug-likeness (QED) is 0.308. The number of aromatic hydroxyl groups is 1. The number of esters is 1. The number of pyridine rings is 1. The number of allylic oxidation sites excluding steroid dienone is 1. The molecule has 1 aromatic heterocycles. The second-order valence-electron chi connectivity index (χ2n) is 9.14. The summed E-state index contributed by atoms with van der Waals surface area (Å²) in [4.78, 5) is 30.7. The summed E-state index contributed by atoms with van der Waals surface area (Å²) in [7, 11) is -3.85. The minimum atomic E-state index is -3.85. The van der Waals surface area contributed by atoms with E-state index >= 15 is 0 Å². The molecule has 39 heavy (non-hydrogen) atoms. The lowest BCUT2D eigenvalue weighted by atomic mass is 9.86. The van der Waals surface area contributed by atoms with Crippen molar-refractivity contribution in [2.75, 3.05) is 11.9 Å². The molecule has 10 heteroatoms. The predicted octanol–water partition coefficient (Wildman–Crippen LogP) is 4.26. The van der Waals surface area contributed by atoms with Crippen LogP contribution in [0.25, 0.3) is 22.6 Å². The fourth-order valence-corrected chi connectivity index (χ4v) is 5.12. The van der Waals surface area contributed by atoms with Crippen molar-refractivity contribution < 1.29 is 27.9 Å². The van der Waals surface area contributed by atoms with E-state index in [0.717, 1.165) is 35.2 Å². The second-order valence-corrected chi connectivity index (χ2v) is 10.7.